The first kappa shape index (κ1) is 29.3. The van der Waals surface area contributed by atoms with Crippen LogP contribution in [0.3, 0.4) is 0 Å². The smallest absolute Gasteiger partial charge is 0.330 e. The van der Waals surface area contributed by atoms with Crippen molar-refractivity contribution in [3.8, 4) is 0 Å². The molecule has 0 aromatic carbocycles. The molecular formula is C24H39N6O6P. The standard InChI is InChI=1S/C24H39N6O6P/c1-10-24-14-29(23(33)27(8)9)18(21(35-24)28-13-17(6)20(31)26-22(28)32)19(24)36-37(34-12-11-25-7)30(15(2)3)16(4)5/h13,15-16,18-19,21H,10-12,14H2,1-6,8-9H3,(H,26,31,32)/t18-,19+,21-,24+,37?/m1/s1. The van der Waals surface area contributed by atoms with Crippen molar-refractivity contribution in [2.75, 3.05) is 33.8 Å². The summed E-state index contributed by atoms with van der Waals surface area (Å²) in [5.74, 6) is 0. The molecule has 2 bridgehead atoms. The van der Waals surface area contributed by atoms with Gasteiger partial charge < -0.3 is 28.4 Å². The summed E-state index contributed by atoms with van der Waals surface area (Å²) in [7, 11) is 1.73. The maximum Gasteiger partial charge on any atom is 0.330 e. The lowest BCUT2D eigenvalue weighted by Gasteiger charge is -2.38. The zero-order chi connectivity index (χ0) is 27.7. The number of rotatable bonds is 10. The Morgan fingerprint density at radius 3 is 2.51 bits per heavy atom. The lowest BCUT2D eigenvalue weighted by molar-refractivity contribution is -0.130. The number of likely N-dealkylation sites (tertiary alicyclic amines) is 1. The third kappa shape index (κ3) is 5.61. The Labute approximate surface area is 219 Å². The summed E-state index contributed by atoms with van der Waals surface area (Å²) in [6, 6.07) is -0.680. The summed E-state index contributed by atoms with van der Waals surface area (Å²) in [5, 5.41) is 0. The predicted octanol–water partition coefficient (Wildman–Crippen LogP) is 2.56. The summed E-state index contributed by atoms with van der Waals surface area (Å²) in [5.41, 5.74) is -1.62. The second-order valence-corrected chi connectivity index (χ2v) is 11.7. The number of morpholine rings is 1. The number of amides is 2. The molecule has 1 N–H and O–H groups in total. The molecule has 206 valence electrons. The van der Waals surface area contributed by atoms with E-state index in [4.69, 9.17) is 20.4 Å². The number of urea groups is 1. The minimum atomic E-state index is -1.62. The van der Waals surface area contributed by atoms with Crippen LogP contribution in [0.25, 0.3) is 4.85 Å². The highest BCUT2D eigenvalue weighted by Crippen LogP contribution is 2.56. The number of carbonyl (C=O) groups is 1. The summed E-state index contributed by atoms with van der Waals surface area (Å²) in [6.45, 7) is 19.6. The average molecular weight is 539 g/mol. The van der Waals surface area contributed by atoms with Crippen molar-refractivity contribution in [1.82, 2.24) is 24.0 Å². The van der Waals surface area contributed by atoms with Crippen LogP contribution in [0.4, 0.5) is 4.79 Å². The molecule has 0 spiro atoms. The maximum absolute atomic E-state index is 13.3. The maximum atomic E-state index is 13.3. The van der Waals surface area contributed by atoms with E-state index in [0.717, 1.165) is 0 Å². The van der Waals surface area contributed by atoms with E-state index < -0.39 is 43.7 Å². The van der Waals surface area contributed by atoms with Gasteiger partial charge in [0, 0.05) is 37.9 Å². The number of fused-ring (bicyclic) bond motifs is 2. The molecule has 1 aromatic rings. The number of aryl methyl sites for hydroxylation is 1. The number of aromatic amines is 1. The van der Waals surface area contributed by atoms with E-state index in [2.05, 4.69) is 42.2 Å². The topological polar surface area (TPSA) is 114 Å². The van der Waals surface area contributed by atoms with Gasteiger partial charge in [-0.25, -0.2) is 20.8 Å². The summed E-state index contributed by atoms with van der Waals surface area (Å²) < 4.78 is 22.9. The molecule has 3 rings (SSSR count). The second kappa shape index (κ2) is 11.6. The Balaban J connectivity index is 2.10. The van der Waals surface area contributed by atoms with Gasteiger partial charge in [-0.1, -0.05) is 6.92 Å². The van der Waals surface area contributed by atoms with Crippen molar-refractivity contribution < 1.29 is 18.6 Å². The largest absolute Gasteiger partial charge is 0.344 e. The van der Waals surface area contributed by atoms with Gasteiger partial charge in [-0.15, -0.1) is 0 Å². The van der Waals surface area contributed by atoms with Crippen LogP contribution < -0.4 is 11.2 Å². The van der Waals surface area contributed by atoms with Crippen LogP contribution >= 0.6 is 8.53 Å². The molecule has 1 aromatic heterocycles. The third-order valence-corrected chi connectivity index (χ3v) is 8.89. The number of ether oxygens (including phenoxy) is 1. The van der Waals surface area contributed by atoms with Gasteiger partial charge in [0.15, 0.2) is 6.23 Å². The Morgan fingerprint density at radius 1 is 1.32 bits per heavy atom. The lowest BCUT2D eigenvalue weighted by atomic mass is 9.96. The van der Waals surface area contributed by atoms with Crippen molar-refractivity contribution in [2.45, 2.75) is 84.0 Å². The van der Waals surface area contributed by atoms with Crippen molar-refractivity contribution in [2.24, 2.45) is 0 Å². The first-order valence-corrected chi connectivity index (χ1v) is 13.7. The van der Waals surface area contributed by atoms with Crippen LogP contribution in [0, 0.1) is 13.5 Å². The number of nitrogens with one attached hydrogen (secondary N) is 1. The van der Waals surface area contributed by atoms with Crippen molar-refractivity contribution in [3.63, 3.8) is 0 Å². The molecule has 2 amide bonds. The van der Waals surface area contributed by atoms with E-state index >= 15 is 0 Å². The van der Waals surface area contributed by atoms with Crippen LogP contribution in [0.2, 0.25) is 0 Å². The van der Waals surface area contributed by atoms with Crippen LogP contribution in [-0.2, 0) is 13.8 Å². The summed E-state index contributed by atoms with van der Waals surface area (Å²) in [6.07, 6.45) is 0.518. The molecule has 3 heterocycles. The van der Waals surface area contributed by atoms with E-state index in [1.54, 1.807) is 25.9 Å². The highest BCUT2D eigenvalue weighted by molar-refractivity contribution is 7.44. The number of hydrogen-bond acceptors (Lipinski definition) is 7. The van der Waals surface area contributed by atoms with E-state index in [1.165, 1.54) is 15.7 Å². The molecule has 0 radical (unpaired) electrons. The van der Waals surface area contributed by atoms with E-state index in [1.807, 2.05) is 6.92 Å². The minimum Gasteiger partial charge on any atom is -0.344 e. The number of aromatic nitrogens is 2. The fraction of sp³-hybridized carbons (Fsp3) is 0.750. The quantitative estimate of drug-likeness (QED) is 0.277. The van der Waals surface area contributed by atoms with Gasteiger partial charge in [-0.05, 0) is 41.0 Å². The molecular weight excluding hydrogens is 499 g/mol. The zero-order valence-electron chi connectivity index (χ0n) is 22.9. The first-order chi connectivity index (χ1) is 17.4. The molecule has 0 saturated carbocycles. The molecule has 5 atom stereocenters. The third-order valence-electron chi connectivity index (χ3n) is 6.78. The summed E-state index contributed by atoms with van der Waals surface area (Å²) >= 11 is 0. The van der Waals surface area contributed by atoms with E-state index in [9.17, 15) is 14.4 Å². The molecule has 0 aliphatic carbocycles. The number of hydrogen-bond donors (Lipinski definition) is 1. The van der Waals surface area contributed by atoms with Gasteiger partial charge in [0.05, 0.1) is 6.54 Å². The molecule has 2 aliphatic rings. The van der Waals surface area contributed by atoms with Crippen LogP contribution in [-0.4, -0.2) is 93.7 Å². The summed E-state index contributed by atoms with van der Waals surface area (Å²) in [4.78, 5) is 47.1. The highest BCUT2D eigenvalue weighted by Gasteiger charge is 2.66. The molecule has 12 nitrogen and oxygen atoms in total. The molecule has 1 unspecified atom stereocenters. The Hall–Kier alpha value is -2.29. The van der Waals surface area contributed by atoms with Crippen LogP contribution in [0.1, 0.15) is 52.8 Å². The molecule has 2 saturated heterocycles. The first-order valence-electron chi connectivity index (χ1n) is 12.6. The Bertz CT molecular complexity index is 1120. The molecule has 37 heavy (non-hydrogen) atoms. The number of carbonyl (C=O) groups excluding carboxylic acids is 1. The monoisotopic (exact) mass is 538 g/mol. The Morgan fingerprint density at radius 2 is 1.97 bits per heavy atom. The zero-order valence-corrected chi connectivity index (χ0v) is 23.8. The van der Waals surface area contributed by atoms with Gasteiger partial charge in [0.2, 0.25) is 6.54 Å². The molecule has 2 aliphatic heterocycles. The highest BCUT2D eigenvalue weighted by atomic mass is 31.2. The normalized spacial score (nSPS) is 25.8. The number of H-pyrrole nitrogens is 1. The SMILES string of the molecule is [C-]#[N+]CCOP(O[C@H]1[C@@H]2[C@H](n3cc(C)c(=O)[nH]c3=O)O[C@@]1(CC)CN2C(=O)N(C)C)N(C(C)C)C(C)C. The van der Waals surface area contributed by atoms with Crippen LogP contribution in [0.5, 0.6) is 0 Å². The molecule has 2 fully saturated rings. The predicted molar refractivity (Wildman–Crippen MR) is 140 cm³/mol. The van der Waals surface area contributed by atoms with Crippen molar-refractivity contribution in [1.29, 1.82) is 0 Å². The fourth-order valence-corrected chi connectivity index (χ4v) is 6.87. The van der Waals surface area contributed by atoms with Crippen molar-refractivity contribution in [3.05, 3.63) is 44.0 Å². The van der Waals surface area contributed by atoms with Gasteiger partial charge in [-0.3, -0.25) is 14.3 Å². The minimum absolute atomic E-state index is 0.0939. The van der Waals surface area contributed by atoms with Gasteiger partial charge in [-0.2, -0.15) is 0 Å². The van der Waals surface area contributed by atoms with E-state index in [-0.39, 0.29) is 37.8 Å². The average Bonchev–Trinajstić information content (AvgIpc) is 3.30. The van der Waals surface area contributed by atoms with Gasteiger partial charge in [0.1, 0.15) is 24.4 Å². The van der Waals surface area contributed by atoms with Crippen molar-refractivity contribution >= 4 is 14.6 Å². The van der Waals surface area contributed by atoms with E-state index in [0.29, 0.717) is 12.0 Å². The lowest BCUT2D eigenvalue weighted by Crippen LogP contribution is -2.52. The Kier molecular flexibility index (Phi) is 9.19. The number of nitrogens with zero attached hydrogens (tertiary/aromatic N) is 5. The van der Waals surface area contributed by atoms with Crippen LogP contribution in [0.15, 0.2) is 15.8 Å². The fourth-order valence-electron chi connectivity index (χ4n) is 5.07. The van der Waals surface area contributed by atoms with Gasteiger partial charge >= 0.3 is 11.7 Å². The molecule has 13 heteroatoms. The second-order valence-electron chi connectivity index (χ2n) is 10.2. The van der Waals surface area contributed by atoms with Gasteiger partial charge in [0.25, 0.3) is 14.1 Å².